The molecule has 2 rings (SSSR count). The first kappa shape index (κ1) is 13.6. The largest absolute Gasteiger partial charge is 0.473 e. The molecule has 100 valence electrons. The molecule has 0 bridgehead atoms. The summed E-state index contributed by atoms with van der Waals surface area (Å²) in [6.45, 7) is 5.15. The summed E-state index contributed by atoms with van der Waals surface area (Å²) in [5.74, 6) is 1.16. The van der Waals surface area contributed by atoms with Gasteiger partial charge in [-0.3, -0.25) is 0 Å². The van der Waals surface area contributed by atoms with Crippen LogP contribution in [0.5, 0.6) is 5.88 Å². The summed E-state index contributed by atoms with van der Waals surface area (Å²) >= 11 is 5.84. The lowest BCUT2D eigenvalue weighted by Crippen LogP contribution is -2.05. The van der Waals surface area contributed by atoms with Crippen LogP contribution in [-0.2, 0) is 6.61 Å². The van der Waals surface area contributed by atoms with Crippen molar-refractivity contribution in [3.8, 4) is 5.88 Å². The van der Waals surface area contributed by atoms with Crippen molar-refractivity contribution in [1.82, 2.24) is 9.97 Å². The normalized spacial score (nSPS) is 10.3. The van der Waals surface area contributed by atoms with Gasteiger partial charge in [0, 0.05) is 23.3 Å². The molecule has 1 N–H and O–H groups in total. The molecule has 0 aliphatic rings. The Kier molecular flexibility index (Phi) is 4.58. The molecule has 5 heteroatoms. The third kappa shape index (κ3) is 4.10. The molecule has 0 amide bonds. The highest BCUT2D eigenvalue weighted by Gasteiger charge is 2.03. The van der Waals surface area contributed by atoms with Crippen molar-refractivity contribution in [3.63, 3.8) is 0 Å². The van der Waals surface area contributed by atoms with E-state index in [-0.39, 0.29) is 0 Å². The van der Waals surface area contributed by atoms with E-state index >= 15 is 0 Å². The minimum atomic E-state index is 0.458. The predicted molar refractivity (Wildman–Crippen MR) is 76.7 cm³/mol. The molecule has 0 atom stereocenters. The van der Waals surface area contributed by atoms with E-state index in [9.17, 15) is 0 Å². The number of benzene rings is 1. The topological polar surface area (TPSA) is 47.0 Å². The second-order valence-electron chi connectivity index (χ2n) is 4.12. The molecule has 0 radical (unpaired) electrons. The molecule has 0 unspecified atom stereocenters. The number of nitrogens with zero attached hydrogens (tertiary/aromatic N) is 2. The van der Waals surface area contributed by atoms with Gasteiger partial charge in [0.15, 0.2) is 0 Å². The molecule has 0 saturated heterocycles. The molecular weight excluding hydrogens is 262 g/mol. The number of halogens is 1. The zero-order chi connectivity index (χ0) is 13.7. The number of ether oxygens (including phenoxy) is 1. The van der Waals surface area contributed by atoms with E-state index in [2.05, 4.69) is 15.3 Å². The van der Waals surface area contributed by atoms with Crippen molar-refractivity contribution in [3.05, 3.63) is 46.6 Å². The van der Waals surface area contributed by atoms with Crippen LogP contribution in [0.15, 0.2) is 30.3 Å². The Morgan fingerprint density at radius 2 is 1.95 bits per heavy atom. The minimum absolute atomic E-state index is 0.458. The number of hydrogen-bond donors (Lipinski definition) is 1. The van der Waals surface area contributed by atoms with E-state index in [1.165, 1.54) is 0 Å². The van der Waals surface area contributed by atoms with Crippen LogP contribution in [0, 0.1) is 6.92 Å². The summed E-state index contributed by atoms with van der Waals surface area (Å²) < 4.78 is 5.67. The first-order chi connectivity index (χ1) is 9.17. The molecule has 1 heterocycles. The number of rotatable bonds is 5. The number of aryl methyl sites for hydroxylation is 1. The summed E-state index contributed by atoms with van der Waals surface area (Å²) in [7, 11) is 0. The second-order valence-corrected chi connectivity index (χ2v) is 4.55. The molecule has 2 aromatic rings. The van der Waals surface area contributed by atoms with E-state index in [1.54, 1.807) is 0 Å². The van der Waals surface area contributed by atoms with E-state index in [0.717, 1.165) is 22.8 Å². The number of nitrogens with one attached hydrogen (secondary N) is 1. The Hall–Kier alpha value is -1.81. The van der Waals surface area contributed by atoms with Crippen LogP contribution >= 0.6 is 11.6 Å². The van der Waals surface area contributed by atoms with Crippen molar-refractivity contribution in [2.45, 2.75) is 20.5 Å². The van der Waals surface area contributed by atoms with E-state index in [0.29, 0.717) is 18.4 Å². The molecule has 1 aromatic heterocycles. The molecule has 4 nitrogen and oxygen atoms in total. The fourth-order valence-corrected chi connectivity index (χ4v) is 1.71. The summed E-state index contributed by atoms with van der Waals surface area (Å²) in [6.07, 6.45) is 0. The Labute approximate surface area is 117 Å². The van der Waals surface area contributed by atoms with Crippen LogP contribution in [0.25, 0.3) is 0 Å². The summed E-state index contributed by atoms with van der Waals surface area (Å²) in [5.41, 5.74) is 1.92. The Morgan fingerprint density at radius 3 is 2.63 bits per heavy atom. The van der Waals surface area contributed by atoms with Crippen molar-refractivity contribution in [1.29, 1.82) is 0 Å². The van der Waals surface area contributed by atoms with Gasteiger partial charge in [-0.25, -0.2) is 4.98 Å². The Bertz CT molecular complexity index is 543. The molecule has 0 aliphatic carbocycles. The van der Waals surface area contributed by atoms with E-state index in [1.807, 2.05) is 44.2 Å². The zero-order valence-corrected chi connectivity index (χ0v) is 11.7. The minimum Gasteiger partial charge on any atom is -0.473 e. The predicted octanol–water partition coefficient (Wildman–Crippen LogP) is 3.45. The molecule has 0 fully saturated rings. The lowest BCUT2D eigenvalue weighted by atomic mass is 10.2. The van der Waals surface area contributed by atoms with Gasteiger partial charge in [-0.2, -0.15) is 4.98 Å². The highest BCUT2D eigenvalue weighted by Crippen LogP contribution is 2.15. The molecule has 19 heavy (non-hydrogen) atoms. The third-order valence-electron chi connectivity index (χ3n) is 2.47. The van der Waals surface area contributed by atoms with Crippen LogP contribution < -0.4 is 10.1 Å². The van der Waals surface area contributed by atoms with Crippen molar-refractivity contribution < 1.29 is 4.74 Å². The van der Waals surface area contributed by atoms with Crippen LogP contribution in [0.3, 0.4) is 0 Å². The van der Waals surface area contributed by atoms with E-state index < -0.39 is 0 Å². The first-order valence-corrected chi connectivity index (χ1v) is 6.52. The molecule has 1 aromatic carbocycles. The smallest absolute Gasteiger partial charge is 0.226 e. The summed E-state index contributed by atoms with van der Waals surface area (Å²) in [5, 5.41) is 3.79. The van der Waals surface area contributed by atoms with Gasteiger partial charge in [-0.05, 0) is 31.5 Å². The highest BCUT2D eigenvalue weighted by atomic mass is 35.5. The lowest BCUT2D eigenvalue weighted by molar-refractivity contribution is 0.293. The zero-order valence-electron chi connectivity index (χ0n) is 11.0. The maximum absolute atomic E-state index is 5.84. The van der Waals surface area contributed by atoms with Crippen molar-refractivity contribution in [2.75, 3.05) is 11.9 Å². The summed E-state index contributed by atoms with van der Waals surface area (Å²) in [4.78, 5) is 8.56. The molecule has 0 aliphatic heterocycles. The van der Waals surface area contributed by atoms with Gasteiger partial charge in [0.05, 0.1) is 0 Å². The van der Waals surface area contributed by atoms with E-state index in [4.69, 9.17) is 16.3 Å². The Morgan fingerprint density at radius 1 is 1.21 bits per heavy atom. The van der Waals surface area contributed by atoms with Gasteiger partial charge in [0.1, 0.15) is 6.61 Å². The van der Waals surface area contributed by atoms with Gasteiger partial charge in [-0.15, -0.1) is 0 Å². The fourth-order valence-electron chi connectivity index (χ4n) is 1.59. The third-order valence-corrected chi connectivity index (χ3v) is 2.72. The second kappa shape index (κ2) is 6.38. The SMILES string of the molecule is CCNc1nc(C)cc(OCc2ccc(Cl)cc2)n1. The molecule has 0 saturated carbocycles. The monoisotopic (exact) mass is 277 g/mol. The maximum atomic E-state index is 5.84. The number of anilines is 1. The van der Waals surface area contributed by atoms with Gasteiger partial charge in [0.2, 0.25) is 11.8 Å². The van der Waals surface area contributed by atoms with Crippen LogP contribution in [0.2, 0.25) is 5.02 Å². The maximum Gasteiger partial charge on any atom is 0.226 e. The van der Waals surface area contributed by atoms with Gasteiger partial charge >= 0.3 is 0 Å². The average molecular weight is 278 g/mol. The molecular formula is C14H16ClN3O. The Balaban J connectivity index is 2.04. The average Bonchev–Trinajstić information content (AvgIpc) is 2.38. The van der Waals surface area contributed by atoms with Gasteiger partial charge in [-0.1, -0.05) is 23.7 Å². The first-order valence-electron chi connectivity index (χ1n) is 6.14. The lowest BCUT2D eigenvalue weighted by Gasteiger charge is -2.08. The summed E-state index contributed by atoms with van der Waals surface area (Å²) in [6, 6.07) is 9.37. The van der Waals surface area contributed by atoms with Crippen molar-refractivity contribution >= 4 is 17.5 Å². The highest BCUT2D eigenvalue weighted by molar-refractivity contribution is 6.30. The number of aromatic nitrogens is 2. The van der Waals surface area contributed by atoms with Crippen molar-refractivity contribution in [2.24, 2.45) is 0 Å². The standard InChI is InChI=1S/C14H16ClN3O/c1-3-16-14-17-10(2)8-13(18-14)19-9-11-4-6-12(15)7-5-11/h4-8H,3,9H2,1-2H3,(H,16,17,18). The van der Waals surface area contributed by atoms with Crippen LogP contribution in [0.4, 0.5) is 5.95 Å². The van der Waals surface area contributed by atoms with Crippen LogP contribution in [-0.4, -0.2) is 16.5 Å². The molecule has 0 spiro atoms. The fraction of sp³-hybridized carbons (Fsp3) is 0.286. The van der Waals surface area contributed by atoms with Gasteiger partial charge in [0.25, 0.3) is 0 Å². The van der Waals surface area contributed by atoms with Crippen LogP contribution in [0.1, 0.15) is 18.2 Å². The quantitative estimate of drug-likeness (QED) is 0.909. The number of hydrogen-bond acceptors (Lipinski definition) is 4. The van der Waals surface area contributed by atoms with Gasteiger partial charge < -0.3 is 10.1 Å².